The second-order valence-electron chi connectivity index (χ2n) is 6.72. The molecule has 5 rings (SSSR count). The zero-order chi connectivity index (χ0) is 18.4. The van der Waals surface area contributed by atoms with E-state index in [0.29, 0.717) is 5.56 Å². The van der Waals surface area contributed by atoms with Crippen LogP contribution >= 0.6 is 0 Å². The molecule has 0 saturated carbocycles. The van der Waals surface area contributed by atoms with E-state index in [1.807, 2.05) is 30.3 Å². The predicted molar refractivity (Wildman–Crippen MR) is 104 cm³/mol. The van der Waals surface area contributed by atoms with Crippen molar-refractivity contribution in [2.24, 2.45) is 0 Å². The number of esters is 1. The first-order valence-electron chi connectivity index (χ1n) is 8.91. The number of methoxy groups -OCH3 is 1. The molecular formula is C21H18N4O2. The summed E-state index contributed by atoms with van der Waals surface area (Å²) in [6.45, 7) is 1.62. The van der Waals surface area contributed by atoms with Crippen LogP contribution in [-0.2, 0) is 17.7 Å². The van der Waals surface area contributed by atoms with Gasteiger partial charge in [-0.1, -0.05) is 12.1 Å². The topological polar surface area (TPSA) is 71.1 Å². The molecule has 0 amide bonds. The summed E-state index contributed by atoms with van der Waals surface area (Å²) in [7, 11) is 1.40. The number of ether oxygens (including phenoxy) is 1. The molecule has 0 saturated heterocycles. The molecule has 1 N–H and O–H groups in total. The standard InChI is InChI=1S/C21H18N4O2/c1-27-21(26)13-6-7-18-15(10-13)16-11-25(9-8-19(16)24-18)20-14-4-2-3-5-17(14)22-12-23-20/h2-7,10,12,24H,8-9,11H2,1H3. The third kappa shape index (κ3) is 2.52. The van der Waals surface area contributed by atoms with E-state index < -0.39 is 0 Å². The van der Waals surface area contributed by atoms with Gasteiger partial charge >= 0.3 is 5.97 Å². The van der Waals surface area contributed by atoms with E-state index in [9.17, 15) is 4.79 Å². The molecule has 0 aliphatic carbocycles. The molecule has 4 aromatic rings. The predicted octanol–water partition coefficient (Wildman–Crippen LogP) is 3.46. The molecule has 2 aromatic carbocycles. The van der Waals surface area contributed by atoms with Gasteiger partial charge in [-0.15, -0.1) is 0 Å². The summed E-state index contributed by atoms with van der Waals surface area (Å²) in [5, 5.41) is 2.12. The quantitative estimate of drug-likeness (QED) is 0.556. The summed E-state index contributed by atoms with van der Waals surface area (Å²) in [4.78, 5) is 26.6. The van der Waals surface area contributed by atoms with Gasteiger partial charge in [0, 0.05) is 47.1 Å². The minimum atomic E-state index is -0.318. The first kappa shape index (κ1) is 15.8. The van der Waals surface area contributed by atoms with Crippen LogP contribution < -0.4 is 4.90 Å². The first-order chi connectivity index (χ1) is 13.2. The van der Waals surface area contributed by atoms with Crippen LogP contribution in [0.2, 0.25) is 0 Å². The summed E-state index contributed by atoms with van der Waals surface area (Å²) >= 11 is 0. The largest absolute Gasteiger partial charge is 0.465 e. The third-order valence-corrected chi connectivity index (χ3v) is 5.22. The molecule has 2 aromatic heterocycles. The summed E-state index contributed by atoms with van der Waals surface area (Å²) in [5.74, 6) is 0.631. The van der Waals surface area contributed by atoms with E-state index in [2.05, 4.69) is 25.9 Å². The van der Waals surface area contributed by atoms with E-state index in [0.717, 1.165) is 47.1 Å². The van der Waals surface area contributed by atoms with Gasteiger partial charge < -0.3 is 14.6 Å². The molecule has 3 heterocycles. The monoisotopic (exact) mass is 358 g/mol. The van der Waals surface area contributed by atoms with Gasteiger partial charge in [0.05, 0.1) is 18.2 Å². The average Bonchev–Trinajstić information content (AvgIpc) is 3.09. The van der Waals surface area contributed by atoms with Crippen molar-refractivity contribution in [1.82, 2.24) is 15.0 Å². The molecule has 27 heavy (non-hydrogen) atoms. The summed E-state index contributed by atoms with van der Waals surface area (Å²) < 4.78 is 4.87. The van der Waals surface area contributed by atoms with Crippen LogP contribution in [-0.4, -0.2) is 34.6 Å². The lowest BCUT2D eigenvalue weighted by Gasteiger charge is -2.29. The van der Waals surface area contributed by atoms with E-state index in [-0.39, 0.29) is 5.97 Å². The maximum absolute atomic E-state index is 11.9. The SMILES string of the molecule is COC(=O)c1ccc2[nH]c3c(c2c1)CN(c1ncnc2ccccc12)CC3. The van der Waals surface area contributed by atoms with Crippen molar-refractivity contribution in [3.63, 3.8) is 0 Å². The highest BCUT2D eigenvalue weighted by Crippen LogP contribution is 2.32. The Labute approximate surface area is 155 Å². The number of benzene rings is 2. The molecule has 0 spiro atoms. The highest BCUT2D eigenvalue weighted by Gasteiger charge is 2.23. The lowest BCUT2D eigenvalue weighted by Crippen LogP contribution is -2.31. The second-order valence-corrected chi connectivity index (χ2v) is 6.72. The number of aromatic nitrogens is 3. The maximum atomic E-state index is 11.9. The number of nitrogens with one attached hydrogen (secondary N) is 1. The van der Waals surface area contributed by atoms with Crippen LogP contribution in [0.1, 0.15) is 21.6 Å². The van der Waals surface area contributed by atoms with Gasteiger partial charge in [-0.25, -0.2) is 14.8 Å². The highest BCUT2D eigenvalue weighted by molar-refractivity contribution is 5.96. The van der Waals surface area contributed by atoms with Crippen LogP contribution in [0, 0.1) is 0 Å². The van der Waals surface area contributed by atoms with E-state index in [1.165, 1.54) is 18.4 Å². The van der Waals surface area contributed by atoms with Gasteiger partial charge in [0.25, 0.3) is 0 Å². The van der Waals surface area contributed by atoms with E-state index >= 15 is 0 Å². The molecule has 1 aliphatic rings. The van der Waals surface area contributed by atoms with Crippen LogP contribution in [0.15, 0.2) is 48.8 Å². The number of H-pyrrole nitrogens is 1. The molecule has 0 bridgehead atoms. The Morgan fingerprint density at radius 2 is 2.04 bits per heavy atom. The van der Waals surface area contributed by atoms with Gasteiger partial charge in [-0.05, 0) is 30.3 Å². The van der Waals surface area contributed by atoms with Crippen molar-refractivity contribution >= 4 is 33.6 Å². The van der Waals surface area contributed by atoms with Crippen molar-refractivity contribution in [2.75, 3.05) is 18.6 Å². The Morgan fingerprint density at radius 3 is 2.93 bits per heavy atom. The summed E-state index contributed by atoms with van der Waals surface area (Å²) in [6.07, 6.45) is 2.52. The van der Waals surface area contributed by atoms with Crippen molar-refractivity contribution < 1.29 is 9.53 Å². The molecular weight excluding hydrogens is 340 g/mol. The smallest absolute Gasteiger partial charge is 0.337 e. The third-order valence-electron chi connectivity index (χ3n) is 5.22. The Morgan fingerprint density at radius 1 is 1.15 bits per heavy atom. The van der Waals surface area contributed by atoms with Crippen LogP contribution in [0.3, 0.4) is 0 Å². The highest BCUT2D eigenvalue weighted by atomic mass is 16.5. The second kappa shape index (κ2) is 6.09. The number of hydrogen-bond acceptors (Lipinski definition) is 5. The molecule has 6 heteroatoms. The zero-order valence-corrected chi connectivity index (χ0v) is 14.9. The Kier molecular flexibility index (Phi) is 3.57. The molecule has 0 radical (unpaired) electrons. The Balaban J connectivity index is 1.59. The normalized spacial score (nSPS) is 13.7. The first-order valence-corrected chi connectivity index (χ1v) is 8.91. The average molecular weight is 358 g/mol. The van der Waals surface area contributed by atoms with Gasteiger partial charge in [0.15, 0.2) is 0 Å². The number of fused-ring (bicyclic) bond motifs is 4. The van der Waals surface area contributed by atoms with Crippen molar-refractivity contribution in [3.05, 3.63) is 65.6 Å². The molecule has 0 fully saturated rings. The van der Waals surface area contributed by atoms with Crippen molar-refractivity contribution in [1.29, 1.82) is 0 Å². The maximum Gasteiger partial charge on any atom is 0.337 e. The van der Waals surface area contributed by atoms with Crippen LogP contribution in [0.4, 0.5) is 5.82 Å². The van der Waals surface area contributed by atoms with E-state index in [4.69, 9.17) is 4.74 Å². The Bertz CT molecular complexity index is 1180. The molecule has 6 nitrogen and oxygen atoms in total. The van der Waals surface area contributed by atoms with Crippen molar-refractivity contribution in [3.8, 4) is 0 Å². The molecule has 1 aliphatic heterocycles. The fraction of sp³-hybridized carbons (Fsp3) is 0.190. The molecule has 0 atom stereocenters. The van der Waals surface area contributed by atoms with Gasteiger partial charge in [0.1, 0.15) is 12.1 Å². The summed E-state index contributed by atoms with van der Waals surface area (Å²) in [6, 6.07) is 13.7. The lowest BCUT2D eigenvalue weighted by atomic mass is 10.0. The lowest BCUT2D eigenvalue weighted by molar-refractivity contribution is 0.0601. The molecule has 134 valence electrons. The number of para-hydroxylation sites is 1. The molecule has 0 unspecified atom stereocenters. The van der Waals surface area contributed by atoms with Gasteiger partial charge in [-0.3, -0.25) is 0 Å². The van der Waals surface area contributed by atoms with Crippen LogP contribution in [0.5, 0.6) is 0 Å². The number of hydrogen-bond donors (Lipinski definition) is 1. The minimum Gasteiger partial charge on any atom is -0.465 e. The minimum absolute atomic E-state index is 0.318. The number of nitrogens with zero attached hydrogens (tertiary/aromatic N) is 3. The number of carbonyl (C=O) groups is 1. The van der Waals surface area contributed by atoms with Crippen molar-refractivity contribution in [2.45, 2.75) is 13.0 Å². The van der Waals surface area contributed by atoms with E-state index in [1.54, 1.807) is 12.4 Å². The van der Waals surface area contributed by atoms with Gasteiger partial charge in [-0.2, -0.15) is 0 Å². The fourth-order valence-electron chi connectivity index (χ4n) is 3.88. The number of aromatic amines is 1. The fourth-order valence-corrected chi connectivity index (χ4v) is 3.88. The summed E-state index contributed by atoms with van der Waals surface area (Å²) in [5.41, 5.74) is 4.99. The zero-order valence-electron chi connectivity index (χ0n) is 14.9. The van der Waals surface area contributed by atoms with Gasteiger partial charge in [0.2, 0.25) is 0 Å². The number of anilines is 1. The number of carbonyl (C=O) groups excluding carboxylic acids is 1. The Hall–Kier alpha value is -3.41. The van der Waals surface area contributed by atoms with Crippen LogP contribution in [0.25, 0.3) is 21.8 Å². The number of rotatable bonds is 2.